The zero-order valence-corrected chi connectivity index (χ0v) is 11.4. The molecule has 0 bridgehead atoms. The quantitative estimate of drug-likeness (QED) is 0.553. The van der Waals surface area contributed by atoms with Crippen LogP contribution in [0.15, 0.2) is 18.3 Å². The smallest absolute Gasteiger partial charge is 0.145 e. The Kier molecular flexibility index (Phi) is 3.96. The van der Waals surface area contributed by atoms with Gasteiger partial charge in [0.15, 0.2) is 0 Å². The fraction of sp³-hybridized carbons (Fsp3) is 0.417. The standard InChI is InChI=1S/C12H19N7/c1-8(2)12-15-10(6-11(16-12)17-13)14-7-9-4-5-19(3)18-9/h4-6,8H,7,13H2,1-3H3,(H2,14,15,16,17). The summed E-state index contributed by atoms with van der Waals surface area (Å²) < 4.78 is 1.77. The molecule has 0 aliphatic rings. The van der Waals surface area contributed by atoms with E-state index >= 15 is 0 Å². The minimum absolute atomic E-state index is 0.240. The van der Waals surface area contributed by atoms with E-state index in [0.29, 0.717) is 12.4 Å². The van der Waals surface area contributed by atoms with E-state index in [1.165, 1.54) is 0 Å². The molecule has 2 rings (SSSR count). The zero-order chi connectivity index (χ0) is 13.8. The Hall–Kier alpha value is -2.15. The van der Waals surface area contributed by atoms with Gasteiger partial charge in [0.2, 0.25) is 0 Å². The number of hydrogen-bond donors (Lipinski definition) is 3. The molecular formula is C12H19N7. The number of nitrogens with two attached hydrogens (primary N) is 1. The second kappa shape index (κ2) is 5.66. The maximum atomic E-state index is 5.41. The zero-order valence-electron chi connectivity index (χ0n) is 11.4. The Bertz CT molecular complexity index is 547. The van der Waals surface area contributed by atoms with Crippen molar-refractivity contribution in [3.05, 3.63) is 29.8 Å². The molecule has 0 fully saturated rings. The highest BCUT2D eigenvalue weighted by Crippen LogP contribution is 2.16. The van der Waals surface area contributed by atoms with E-state index < -0.39 is 0 Å². The van der Waals surface area contributed by atoms with Crippen LogP contribution in [0.2, 0.25) is 0 Å². The number of nitrogens with one attached hydrogen (secondary N) is 2. The van der Waals surface area contributed by atoms with Crippen LogP contribution < -0.4 is 16.6 Å². The molecule has 2 heterocycles. The number of aryl methyl sites for hydroxylation is 1. The molecule has 0 saturated carbocycles. The van der Waals surface area contributed by atoms with E-state index in [4.69, 9.17) is 5.84 Å². The number of anilines is 2. The first kappa shape index (κ1) is 13.3. The first-order valence-corrected chi connectivity index (χ1v) is 6.16. The highest BCUT2D eigenvalue weighted by molar-refractivity contribution is 5.47. The van der Waals surface area contributed by atoms with Crippen LogP contribution in [0.25, 0.3) is 0 Å². The van der Waals surface area contributed by atoms with E-state index in [1.807, 2.05) is 33.2 Å². The molecule has 19 heavy (non-hydrogen) atoms. The van der Waals surface area contributed by atoms with Crippen molar-refractivity contribution in [1.29, 1.82) is 0 Å². The normalized spacial score (nSPS) is 10.8. The molecule has 0 aliphatic heterocycles. The van der Waals surface area contributed by atoms with Gasteiger partial charge >= 0.3 is 0 Å². The van der Waals surface area contributed by atoms with E-state index in [0.717, 1.165) is 17.3 Å². The fourth-order valence-electron chi connectivity index (χ4n) is 1.63. The van der Waals surface area contributed by atoms with Crippen LogP contribution in [0.3, 0.4) is 0 Å². The number of nitrogen functional groups attached to an aromatic ring is 1. The maximum absolute atomic E-state index is 5.41. The average molecular weight is 261 g/mol. The van der Waals surface area contributed by atoms with Crippen LogP contribution in [0, 0.1) is 0 Å². The van der Waals surface area contributed by atoms with E-state index in [-0.39, 0.29) is 5.92 Å². The highest BCUT2D eigenvalue weighted by atomic mass is 15.3. The third-order valence-corrected chi connectivity index (χ3v) is 2.63. The van der Waals surface area contributed by atoms with Crippen LogP contribution in [0.5, 0.6) is 0 Å². The summed E-state index contributed by atoms with van der Waals surface area (Å²) in [7, 11) is 1.89. The lowest BCUT2D eigenvalue weighted by atomic mass is 10.2. The van der Waals surface area contributed by atoms with Crippen LogP contribution in [0.1, 0.15) is 31.3 Å². The molecule has 7 nitrogen and oxygen atoms in total. The molecule has 2 aromatic rings. The molecule has 0 amide bonds. The van der Waals surface area contributed by atoms with Gasteiger partial charge in [0.05, 0.1) is 12.2 Å². The predicted octanol–water partition coefficient (Wildman–Crippen LogP) is 1.23. The van der Waals surface area contributed by atoms with Gasteiger partial charge < -0.3 is 10.7 Å². The van der Waals surface area contributed by atoms with Crippen molar-refractivity contribution >= 4 is 11.6 Å². The summed E-state index contributed by atoms with van der Waals surface area (Å²) in [5.41, 5.74) is 3.51. The van der Waals surface area contributed by atoms with Gasteiger partial charge in [0.25, 0.3) is 0 Å². The van der Waals surface area contributed by atoms with E-state index in [2.05, 4.69) is 25.8 Å². The summed E-state index contributed by atoms with van der Waals surface area (Å²) in [5, 5.41) is 7.52. The first-order valence-electron chi connectivity index (χ1n) is 6.16. The third kappa shape index (κ3) is 3.41. The van der Waals surface area contributed by atoms with Crippen molar-refractivity contribution in [3.63, 3.8) is 0 Å². The van der Waals surface area contributed by atoms with Crippen LogP contribution in [-0.2, 0) is 13.6 Å². The van der Waals surface area contributed by atoms with Gasteiger partial charge in [0.1, 0.15) is 17.5 Å². The monoisotopic (exact) mass is 261 g/mol. The third-order valence-electron chi connectivity index (χ3n) is 2.63. The van der Waals surface area contributed by atoms with Gasteiger partial charge in [-0.3, -0.25) is 4.68 Å². The number of rotatable bonds is 5. The summed E-state index contributed by atoms with van der Waals surface area (Å²) in [6.07, 6.45) is 1.91. The highest BCUT2D eigenvalue weighted by Gasteiger charge is 2.07. The number of hydrazine groups is 1. The minimum Gasteiger partial charge on any atom is -0.364 e. The summed E-state index contributed by atoms with van der Waals surface area (Å²) in [6, 6.07) is 3.73. The van der Waals surface area contributed by atoms with Crippen molar-refractivity contribution < 1.29 is 0 Å². The molecule has 2 aromatic heterocycles. The fourth-order valence-corrected chi connectivity index (χ4v) is 1.63. The van der Waals surface area contributed by atoms with Gasteiger partial charge in [0, 0.05) is 25.2 Å². The minimum atomic E-state index is 0.240. The van der Waals surface area contributed by atoms with E-state index in [1.54, 1.807) is 10.7 Å². The summed E-state index contributed by atoms with van der Waals surface area (Å²) in [5.74, 6) is 7.74. The lowest BCUT2D eigenvalue weighted by molar-refractivity contribution is 0.745. The Balaban J connectivity index is 2.12. The number of nitrogens with zero attached hydrogens (tertiary/aromatic N) is 4. The topological polar surface area (TPSA) is 93.7 Å². The Labute approximate surface area is 112 Å². The molecule has 102 valence electrons. The van der Waals surface area contributed by atoms with Crippen LogP contribution in [0.4, 0.5) is 11.6 Å². The molecule has 0 saturated heterocycles. The van der Waals surface area contributed by atoms with Crippen molar-refractivity contribution in [2.45, 2.75) is 26.3 Å². The molecule has 0 radical (unpaired) electrons. The Morgan fingerprint density at radius 3 is 2.63 bits per heavy atom. The number of aromatic nitrogens is 4. The van der Waals surface area contributed by atoms with E-state index in [9.17, 15) is 0 Å². The van der Waals surface area contributed by atoms with Crippen molar-refractivity contribution in [2.24, 2.45) is 12.9 Å². The lowest BCUT2D eigenvalue weighted by Gasteiger charge is -2.10. The molecule has 0 spiro atoms. The van der Waals surface area contributed by atoms with Gasteiger partial charge in [-0.25, -0.2) is 15.8 Å². The summed E-state index contributed by atoms with van der Waals surface area (Å²) >= 11 is 0. The Morgan fingerprint density at radius 2 is 2.05 bits per heavy atom. The second-order valence-corrected chi connectivity index (χ2v) is 4.63. The SMILES string of the molecule is CC(C)c1nc(NN)cc(NCc2ccn(C)n2)n1. The van der Waals surface area contributed by atoms with Crippen LogP contribution >= 0.6 is 0 Å². The van der Waals surface area contributed by atoms with Crippen LogP contribution in [-0.4, -0.2) is 19.7 Å². The first-order chi connectivity index (χ1) is 9.08. The average Bonchev–Trinajstić information content (AvgIpc) is 2.81. The van der Waals surface area contributed by atoms with Gasteiger partial charge in [-0.2, -0.15) is 5.10 Å². The Morgan fingerprint density at radius 1 is 1.32 bits per heavy atom. The van der Waals surface area contributed by atoms with Gasteiger partial charge in [-0.05, 0) is 6.07 Å². The summed E-state index contributed by atoms with van der Waals surface area (Å²) in [4.78, 5) is 8.75. The molecule has 7 heteroatoms. The number of hydrogen-bond acceptors (Lipinski definition) is 6. The van der Waals surface area contributed by atoms with Gasteiger partial charge in [-0.15, -0.1) is 0 Å². The lowest BCUT2D eigenvalue weighted by Crippen LogP contribution is -2.13. The largest absolute Gasteiger partial charge is 0.364 e. The molecule has 4 N–H and O–H groups in total. The summed E-state index contributed by atoms with van der Waals surface area (Å²) in [6.45, 7) is 4.69. The van der Waals surface area contributed by atoms with Crippen molar-refractivity contribution in [3.8, 4) is 0 Å². The second-order valence-electron chi connectivity index (χ2n) is 4.63. The molecule has 0 unspecified atom stereocenters. The maximum Gasteiger partial charge on any atom is 0.145 e. The molecule has 0 atom stereocenters. The van der Waals surface area contributed by atoms with Crippen molar-refractivity contribution in [1.82, 2.24) is 19.7 Å². The molecular weight excluding hydrogens is 242 g/mol. The van der Waals surface area contributed by atoms with Crippen molar-refractivity contribution in [2.75, 3.05) is 10.7 Å². The molecule has 0 aromatic carbocycles. The predicted molar refractivity (Wildman–Crippen MR) is 74.5 cm³/mol. The molecule has 0 aliphatic carbocycles. The van der Waals surface area contributed by atoms with Gasteiger partial charge in [-0.1, -0.05) is 13.8 Å².